The molecule has 0 atom stereocenters. The molecule has 0 spiro atoms. The van der Waals surface area contributed by atoms with Crippen LogP contribution in [0.15, 0.2) is 78.2 Å². The summed E-state index contributed by atoms with van der Waals surface area (Å²) in [5.74, 6) is 2.53. The van der Waals surface area contributed by atoms with Gasteiger partial charge in [0, 0.05) is 29.7 Å². The van der Waals surface area contributed by atoms with Crippen LogP contribution in [0, 0.1) is 0 Å². The minimum absolute atomic E-state index is 0.641. The number of hydrogen-bond acceptors (Lipinski definition) is 6. The molecule has 0 fully saturated rings. The summed E-state index contributed by atoms with van der Waals surface area (Å²) in [6.45, 7) is 4.08. The number of aromatic nitrogens is 4. The van der Waals surface area contributed by atoms with Crippen LogP contribution in [0.1, 0.15) is 23.9 Å². The van der Waals surface area contributed by atoms with Crippen LogP contribution in [0.4, 0.5) is 0 Å². The van der Waals surface area contributed by atoms with Crippen molar-refractivity contribution in [3.63, 3.8) is 0 Å². The molecule has 170 valence electrons. The summed E-state index contributed by atoms with van der Waals surface area (Å²) in [5, 5.41) is 10.5. The number of rotatable bonds is 10. The van der Waals surface area contributed by atoms with Crippen molar-refractivity contribution in [2.45, 2.75) is 30.9 Å². The quantitative estimate of drug-likeness (QED) is 0.274. The molecule has 0 unspecified atom stereocenters. The summed E-state index contributed by atoms with van der Waals surface area (Å²) in [6.07, 6.45) is 3.61. The van der Waals surface area contributed by atoms with Crippen molar-refractivity contribution < 1.29 is 4.74 Å². The highest BCUT2D eigenvalue weighted by Gasteiger charge is 2.17. The third-order valence-electron chi connectivity index (χ3n) is 4.98. The van der Waals surface area contributed by atoms with Gasteiger partial charge >= 0.3 is 0 Å². The predicted molar refractivity (Wildman–Crippen MR) is 133 cm³/mol. The Hall–Kier alpha value is -2.87. The molecule has 2 heterocycles. The molecule has 4 aromatic rings. The van der Waals surface area contributed by atoms with Gasteiger partial charge in [-0.25, -0.2) is 0 Å². The standard InChI is InChI=1S/C25H26ClN5OS/c1-3-32-23-9-7-19(8-10-23)16-30(2)17-24-28-29-25(33-18-20-11-13-27-14-12-20)31(24)22-6-4-5-21(26)15-22/h4-15H,3,16-18H2,1-2H3. The van der Waals surface area contributed by atoms with E-state index in [0.717, 1.165) is 34.7 Å². The molecule has 6 nitrogen and oxygen atoms in total. The van der Waals surface area contributed by atoms with E-state index in [4.69, 9.17) is 16.3 Å². The van der Waals surface area contributed by atoms with Crippen LogP contribution in [0.25, 0.3) is 5.69 Å². The number of benzene rings is 2. The highest BCUT2D eigenvalue weighted by Crippen LogP contribution is 2.27. The summed E-state index contributed by atoms with van der Waals surface area (Å²) in [4.78, 5) is 6.31. The highest BCUT2D eigenvalue weighted by molar-refractivity contribution is 7.98. The lowest BCUT2D eigenvalue weighted by atomic mass is 10.2. The fourth-order valence-corrected chi connectivity index (χ4v) is 4.58. The van der Waals surface area contributed by atoms with Crippen molar-refractivity contribution in [3.8, 4) is 11.4 Å². The minimum atomic E-state index is 0.641. The van der Waals surface area contributed by atoms with E-state index < -0.39 is 0 Å². The van der Waals surface area contributed by atoms with Gasteiger partial charge in [0.25, 0.3) is 0 Å². The van der Waals surface area contributed by atoms with Crippen LogP contribution in [0.5, 0.6) is 5.75 Å². The van der Waals surface area contributed by atoms with Crippen molar-refractivity contribution in [1.29, 1.82) is 0 Å². The van der Waals surface area contributed by atoms with Gasteiger partial charge in [-0.2, -0.15) is 0 Å². The third-order valence-corrected chi connectivity index (χ3v) is 6.22. The predicted octanol–water partition coefficient (Wildman–Crippen LogP) is 5.64. The summed E-state index contributed by atoms with van der Waals surface area (Å²) >= 11 is 7.94. The number of ether oxygens (including phenoxy) is 1. The molecule has 0 saturated carbocycles. The van der Waals surface area contributed by atoms with Crippen molar-refractivity contribution in [1.82, 2.24) is 24.6 Å². The Labute approximate surface area is 203 Å². The zero-order valence-corrected chi connectivity index (χ0v) is 20.3. The van der Waals surface area contributed by atoms with Crippen LogP contribution in [-0.2, 0) is 18.8 Å². The molecule has 0 saturated heterocycles. The number of pyridine rings is 1. The zero-order valence-electron chi connectivity index (χ0n) is 18.7. The number of hydrogen-bond donors (Lipinski definition) is 0. The number of nitrogens with zero attached hydrogens (tertiary/aromatic N) is 5. The first-order chi connectivity index (χ1) is 16.1. The smallest absolute Gasteiger partial charge is 0.196 e. The maximum absolute atomic E-state index is 6.30. The SMILES string of the molecule is CCOc1ccc(CN(C)Cc2nnc(SCc3ccncc3)n2-c2cccc(Cl)c2)cc1. The molecular formula is C25H26ClN5OS. The Kier molecular flexibility index (Phi) is 7.99. The summed E-state index contributed by atoms with van der Waals surface area (Å²) in [7, 11) is 2.08. The van der Waals surface area contributed by atoms with E-state index in [0.29, 0.717) is 18.2 Å². The first-order valence-corrected chi connectivity index (χ1v) is 12.1. The number of halogens is 1. The van der Waals surface area contributed by atoms with Gasteiger partial charge in [0.2, 0.25) is 0 Å². The van der Waals surface area contributed by atoms with Crippen LogP contribution in [0.3, 0.4) is 0 Å². The third kappa shape index (κ3) is 6.35. The molecule has 4 rings (SSSR count). The molecule has 0 bridgehead atoms. The van der Waals surface area contributed by atoms with E-state index in [1.54, 1.807) is 24.2 Å². The molecule has 0 amide bonds. The van der Waals surface area contributed by atoms with Gasteiger partial charge in [0.15, 0.2) is 11.0 Å². The fourth-order valence-electron chi connectivity index (χ4n) is 3.46. The monoisotopic (exact) mass is 479 g/mol. The Morgan fingerprint density at radius 1 is 0.970 bits per heavy atom. The largest absolute Gasteiger partial charge is 0.494 e. The van der Waals surface area contributed by atoms with E-state index in [1.807, 2.05) is 55.5 Å². The van der Waals surface area contributed by atoms with Gasteiger partial charge in [-0.1, -0.05) is 41.6 Å². The Morgan fingerprint density at radius 2 is 1.76 bits per heavy atom. The van der Waals surface area contributed by atoms with Crippen LogP contribution >= 0.6 is 23.4 Å². The molecular weight excluding hydrogens is 454 g/mol. The molecule has 0 N–H and O–H groups in total. The molecule has 0 aliphatic heterocycles. The molecule has 0 aliphatic carbocycles. The first kappa shape index (κ1) is 23.3. The van der Waals surface area contributed by atoms with E-state index >= 15 is 0 Å². The average Bonchev–Trinajstić information content (AvgIpc) is 3.22. The molecule has 8 heteroatoms. The van der Waals surface area contributed by atoms with E-state index in [2.05, 4.69) is 43.8 Å². The Bertz CT molecular complexity index is 1170. The minimum Gasteiger partial charge on any atom is -0.494 e. The normalized spacial score (nSPS) is 11.2. The van der Waals surface area contributed by atoms with Crippen molar-refractivity contribution >= 4 is 23.4 Å². The summed E-state index contributed by atoms with van der Waals surface area (Å²) < 4.78 is 7.63. The van der Waals surface area contributed by atoms with Crippen molar-refractivity contribution in [3.05, 3.63) is 95.0 Å². The second-order valence-electron chi connectivity index (χ2n) is 7.61. The van der Waals surface area contributed by atoms with Gasteiger partial charge in [-0.05, 0) is 67.6 Å². The van der Waals surface area contributed by atoms with Crippen LogP contribution in [-0.4, -0.2) is 38.3 Å². The molecule has 0 radical (unpaired) electrons. The topological polar surface area (TPSA) is 56.1 Å². The van der Waals surface area contributed by atoms with Gasteiger partial charge < -0.3 is 4.74 Å². The lowest BCUT2D eigenvalue weighted by molar-refractivity contribution is 0.307. The van der Waals surface area contributed by atoms with Gasteiger partial charge in [-0.3, -0.25) is 14.5 Å². The lowest BCUT2D eigenvalue weighted by Crippen LogP contribution is -2.20. The Balaban J connectivity index is 1.53. The fraction of sp³-hybridized carbons (Fsp3) is 0.240. The summed E-state index contributed by atoms with van der Waals surface area (Å²) in [5.41, 5.74) is 3.35. The van der Waals surface area contributed by atoms with Crippen molar-refractivity contribution in [2.75, 3.05) is 13.7 Å². The van der Waals surface area contributed by atoms with E-state index in [-0.39, 0.29) is 0 Å². The van der Waals surface area contributed by atoms with Gasteiger partial charge in [-0.15, -0.1) is 10.2 Å². The molecule has 33 heavy (non-hydrogen) atoms. The van der Waals surface area contributed by atoms with Gasteiger partial charge in [0.05, 0.1) is 18.8 Å². The molecule has 0 aliphatic rings. The average molecular weight is 480 g/mol. The summed E-state index contributed by atoms with van der Waals surface area (Å²) in [6, 6.07) is 20.0. The van der Waals surface area contributed by atoms with Crippen molar-refractivity contribution in [2.24, 2.45) is 0 Å². The molecule has 2 aromatic heterocycles. The second kappa shape index (κ2) is 11.3. The van der Waals surface area contributed by atoms with Crippen LogP contribution in [0.2, 0.25) is 5.02 Å². The maximum Gasteiger partial charge on any atom is 0.196 e. The highest BCUT2D eigenvalue weighted by atomic mass is 35.5. The lowest BCUT2D eigenvalue weighted by Gasteiger charge is -2.18. The zero-order chi connectivity index (χ0) is 23.0. The van der Waals surface area contributed by atoms with E-state index in [1.165, 1.54) is 11.1 Å². The molecule has 2 aromatic carbocycles. The maximum atomic E-state index is 6.30. The van der Waals surface area contributed by atoms with Crippen LogP contribution < -0.4 is 4.74 Å². The van der Waals surface area contributed by atoms with E-state index in [9.17, 15) is 0 Å². The second-order valence-corrected chi connectivity index (χ2v) is 8.99. The first-order valence-electron chi connectivity index (χ1n) is 10.7. The number of thioether (sulfide) groups is 1. The Morgan fingerprint density at radius 3 is 2.48 bits per heavy atom. The van der Waals surface area contributed by atoms with Gasteiger partial charge in [0.1, 0.15) is 5.75 Å².